The van der Waals surface area contributed by atoms with E-state index in [1.54, 1.807) is 4.68 Å². The van der Waals surface area contributed by atoms with Crippen LogP contribution in [0.4, 0.5) is 0 Å². The minimum absolute atomic E-state index is 0.129. The highest BCUT2D eigenvalue weighted by Crippen LogP contribution is 2.20. The molecule has 2 N–H and O–H groups in total. The van der Waals surface area contributed by atoms with Crippen LogP contribution in [-0.2, 0) is 7.05 Å². The summed E-state index contributed by atoms with van der Waals surface area (Å²) in [6.07, 6.45) is 1.30. The van der Waals surface area contributed by atoms with Gasteiger partial charge in [-0.25, -0.2) is 14.8 Å². The number of pyridine rings is 1. The molecule has 0 radical (unpaired) electrons. The summed E-state index contributed by atoms with van der Waals surface area (Å²) < 4.78 is 1.71. The van der Waals surface area contributed by atoms with Crippen LogP contribution < -0.4 is 0 Å². The lowest BCUT2D eigenvalue weighted by Gasteiger charge is -1.95. The molecule has 19 heavy (non-hydrogen) atoms. The summed E-state index contributed by atoms with van der Waals surface area (Å²) in [7, 11) is 1.83. The van der Waals surface area contributed by atoms with E-state index >= 15 is 0 Å². The molecule has 0 aliphatic carbocycles. The zero-order valence-corrected chi connectivity index (χ0v) is 10.4. The first kappa shape index (κ1) is 11.4. The van der Waals surface area contributed by atoms with Crippen molar-refractivity contribution in [2.45, 2.75) is 6.92 Å². The van der Waals surface area contributed by atoms with Crippen molar-refractivity contribution in [1.82, 2.24) is 24.7 Å². The van der Waals surface area contributed by atoms with Crippen LogP contribution in [0.25, 0.3) is 22.7 Å². The maximum atomic E-state index is 10.9. The van der Waals surface area contributed by atoms with Gasteiger partial charge in [0.25, 0.3) is 0 Å². The molecule has 3 aromatic heterocycles. The molecule has 0 atom stereocenters. The van der Waals surface area contributed by atoms with Crippen molar-refractivity contribution in [2.24, 2.45) is 7.05 Å². The van der Waals surface area contributed by atoms with E-state index in [1.165, 1.54) is 12.3 Å². The fourth-order valence-electron chi connectivity index (χ4n) is 1.97. The van der Waals surface area contributed by atoms with E-state index in [-0.39, 0.29) is 5.56 Å². The third-order valence-corrected chi connectivity index (χ3v) is 2.83. The van der Waals surface area contributed by atoms with Gasteiger partial charge in [-0.2, -0.15) is 5.10 Å². The molecule has 0 saturated carbocycles. The van der Waals surface area contributed by atoms with E-state index < -0.39 is 5.97 Å². The molecule has 0 aliphatic rings. The number of nitrogens with zero attached hydrogens (tertiary/aromatic N) is 4. The molecular formula is C12H11N5O2. The molecule has 0 spiro atoms. The Morgan fingerprint density at radius 1 is 1.42 bits per heavy atom. The second-order valence-electron chi connectivity index (χ2n) is 4.28. The number of aromatic carboxylic acids is 1. The summed E-state index contributed by atoms with van der Waals surface area (Å²) >= 11 is 0. The molecule has 3 rings (SSSR count). The number of aryl methyl sites for hydroxylation is 2. The number of fused-ring (bicyclic) bond motifs is 1. The van der Waals surface area contributed by atoms with Crippen LogP contribution in [0.1, 0.15) is 16.1 Å². The molecule has 0 unspecified atom stereocenters. The lowest BCUT2D eigenvalue weighted by atomic mass is 10.3. The van der Waals surface area contributed by atoms with Crippen molar-refractivity contribution in [2.75, 3.05) is 0 Å². The van der Waals surface area contributed by atoms with E-state index in [9.17, 15) is 4.79 Å². The predicted octanol–water partition coefficient (Wildman–Crippen LogP) is 1.37. The molecule has 0 fully saturated rings. The van der Waals surface area contributed by atoms with Crippen molar-refractivity contribution in [3.05, 3.63) is 29.6 Å². The van der Waals surface area contributed by atoms with Gasteiger partial charge in [-0.15, -0.1) is 0 Å². The van der Waals surface area contributed by atoms with Crippen LogP contribution in [0.15, 0.2) is 18.3 Å². The second-order valence-corrected chi connectivity index (χ2v) is 4.28. The van der Waals surface area contributed by atoms with Crippen LogP contribution in [0.5, 0.6) is 0 Å². The summed E-state index contributed by atoms with van der Waals surface area (Å²) in [5.41, 5.74) is 2.92. The van der Waals surface area contributed by atoms with E-state index in [0.717, 1.165) is 11.4 Å². The topological polar surface area (TPSA) is 96.7 Å². The Kier molecular flexibility index (Phi) is 2.34. The second kappa shape index (κ2) is 3.91. The zero-order valence-electron chi connectivity index (χ0n) is 10.4. The monoisotopic (exact) mass is 257 g/mol. The largest absolute Gasteiger partial charge is 0.478 e. The van der Waals surface area contributed by atoms with Crippen LogP contribution in [-0.4, -0.2) is 35.8 Å². The minimum Gasteiger partial charge on any atom is -0.478 e. The first-order valence-corrected chi connectivity index (χ1v) is 5.64. The van der Waals surface area contributed by atoms with Gasteiger partial charge in [-0.05, 0) is 19.1 Å². The Balaban J connectivity index is 2.16. The lowest BCUT2D eigenvalue weighted by Crippen LogP contribution is -1.96. The Morgan fingerprint density at radius 2 is 2.21 bits per heavy atom. The van der Waals surface area contributed by atoms with Gasteiger partial charge in [0.1, 0.15) is 5.69 Å². The van der Waals surface area contributed by atoms with Gasteiger partial charge < -0.3 is 10.1 Å². The van der Waals surface area contributed by atoms with E-state index in [4.69, 9.17) is 5.11 Å². The first-order valence-electron chi connectivity index (χ1n) is 5.64. The number of carboxylic acid groups (broad SMARTS) is 1. The molecule has 0 aliphatic heterocycles. The number of hydrogen-bond acceptors (Lipinski definition) is 4. The summed E-state index contributed by atoms with van der Waals surface area (Å²) in [6, 6.07) is 3.42. The smallest absolute Gasteiger partial charge is 0.337 e. The average Bonchev–Trinajstić information content (AvgIpc) is 2.90. The number of aromatic nitrogens is 5. The highest BCUT2D eigenvalue weighted by atomic mass is 16.4. The Labute approximate surface area is 107 Å². The van der Waals surface area contributed by atoms with E-state index in [0.29, 0.717) is 17.0 Å². The van der Waals surface area contributed by atoms with Gasteiger partial charge in [0.05, 0.1) is 16.8 Å². The first-order chi connectivity index (χ1) is 9.04. The summed E-state index contributed by atoms with van der Waals surface area (Å²) in [5, 5.41) is 13.2. The molecule has 3 aromatic rings. The fraction of sp³-hybridized carbons (Fsp3) is 0.167. The van der Waals surface area contributed by atoms with Gasteiger partial charge in [-0.3, -0.25) is 4.68 Å². The Hall–Kier alpha value is -2.70. The molecule has 0 amide bonds. The third-order valence-electron chi connectivity index (χ3n) is 2.83. The number of nitrogens with one attached hydrogen (secondary N) is 1. The SMILES string of the molecule is Cc1cc(-c2nc3ncc(C(=O)O)cc3[nH]2)n(C)n1. The van der Waals surface area contributed by atoms with Gasteiger partial charge in [0.15, 0.2) is 11.5 Å². The highest BCUT2D eigenvalue weighted by molar-refractivity contribution is 5.91. The number of rotatable bonds is 2. The van der Waals surface area contributed by atoms with E-state index in [2.05, 4.69) is 20.1 Å². The molecule has 96 valence electrons. The van der Waals surface area contributed by atoms with Crippen molar-refractivity contribution in [3.8, 4) is 11.5 Å². The molecule has 7 nitrogen and oxygen atoms in total. The van der Waals surface area contributed by atoms with Crippen molar-refractivity contribution in [1.29, 1.82) is 0 Å². The summed E-state index contributed by atoms with van der Waals surface area (Å²) in [4.78, 5) is 22.3. The molecule has 7 heteroatoms. The normalized spacial score (nSPS) is 11.1. The number of imidazole rings is 1. The van der Waals surface area contributed by atoms with Crippen LogP contribution >= 0.6 is 0 Å². The molecule has 0 bridgehead atoms. The van der Waals surface area contributed by atoms with Crippen molar-refractivity contribution >= 4 is 17.1 Å². The third kappa shape index (κ3) is 1.85. The van der Waals surface area contributed by atoms with Crippen LogP contribution in [0, 0.1) is 6.92 Å². The van der Waals surface area contributed by atoms with Crippen LogP contribution in [0.2, 0.25) is 0 Å². The minimum atomic E-state index is -1.01. The predicted molar refractivity (Wildman–Crippen MR) is 67.8 cm³/mol. The fourth-order valence-corrected chi connectivity index (χ4v) is 1.97. The van der Waals surface area contributed by atoms with Crippen molar-refractivity contribution in [3.63, 3.8) is 0 Å². The molecule has 3 heterocycles. The number of hydrogen-bond donors (Lipinski definition) is 2. The highest BCUT2D eigenvalue weighted by Gasteiger charge is 2.12. The maximum Gasteiger partial charge on any atom is 0.337 e. The number of H-pyrrole nitrogens is 1. The number of carboxylic acids is 1. The number of carbonyl (C=O) groups is 1. The Morgan fingerprint density at radius 3 is 2.84 bits per heavy atom. The quantitative estimate of drug-likeness (QED) is 0.722. The molecule has 0 saturated heterocycles. The summed E-state index contributed by atoms with van der Waals surface area (Å²) in [6.45, 7) is 1.90. The Bertz CT molecular complexity index is 787. The molecular weight excluding hydrogens is 246 g/mol. The maximum absolute atomic E-state index is 10.9. The summed E-state index contributed by atoms with van der Waals surface area (Å²) in [5.74, 6) is -0.393. The van der Waals surface area contributed by atoms with Gasteiger partial charge in [0, 0.05) is 13.2 Å². The standard InChI is InChI=1S/C12H11N5O2/c1-6-3-9(17(2)16-6)11-14-8-4-7(12(18)19)5-13-10(8)15-11/h3-5H,1-2H3,(H,18,19)(H,13,14,15). The van der Waals surface area contributed by atoms with Gasteiger partial charge in [-0.1, -0.05) is 0 Å². The average molecular weight is 257 g/mol. The zero-order chi connectivity index (χ0) is 13.6. The molecule has 0 aromatic carbocycles. The number of aromatic amines is 1. The van der Waals surface area contributed by atoms with Gasteiger partial charge in [0.2, 0.25) is 0 Å². The van der Waals surface area contributed by atoms with Gasteiger partial charge >= 0.3 is 5.97 Å². The van der Waals surface area contributed by atoms with Crippen LogP contribution in [0.3, 0.4) is 0 Å². The lowest BCUT2D eigenvalue weighted by molar-refractivity contribution is 0.0696. The van der Waals surface area contributed by atoms with Crippen molar-refractivity contribution < 1.29 is 9.90 Å². The van der Waals surface area contributed by atoms with E-state index in [1.807, 2.05) is 20.0 Å².